The minimum atomic E-state index is -1.18. The van der Waals surface area contributed by atoms with Crippen LogP contribution in [0.25, 0.3) is 0 Å². The summed E-state index contributed by atoms with van der Waals surface area (Å²) in [4.78, 5) is 10.7. The molecule has 0 radical (unpaired) electrons. The summed E-state index contributed by atoms with van der Waals surface area (Å²) in [5.74, 6) is -1.17. The molecule has 0 amide bonds. The number of carbonyl (C=O) groups is 1. The number of carboxylic acids is 1. The molecule has 1 aromatic carbocycles. The van der Waals surface area contributed by atoms with Crippen LogP contribution in [-0.2, 0) is 15.1 Å². The monoisotopic (exact) mass is 264 g/mol. The molecule has 3 nitrogen and oxygen atoms in total. The molecule has 1 aliphatic heterocycles. The average Bonchev–Trinajstić information content (AvgIpc) is 2.86. The van der Waals surface area contributed by atoms with Crippen LogP contribution in [0.1, 0.15) is 5.56 Å². The van der Waals surface area contributed by atoms with Crippen molar-refractivity contribution in [2.45, 2.75) is 5.60 Å². The predicted octanol–water partition coefficient (Wildman–Crippen LogP) is -2.57. The van der Waals surface area contributed by atoms with Gasteiger partial charge in [0.1, 0.15) is 0 Å². The predicted molar refractivity (Wildman–Crippen MR) is 46.8 cm³/mol. The molecule has 0 bridgehead atoms. The number of ether oxygens (including phenoxy) is 1. The number of hydrogen-bond acceptors (Lipinski definition) is 3. The zero-order valence-corrected chi connectivity index (χ0v) is 11.2. The smallest absolute Gasteiger partial charge is 0.547 e. The fourth-order valence-corrected chi connectivity index (χ4v) is 1.46. The number of halogens is 1. The molecule has 68 valence electrons. The van der Waals surface area contributed by atoms with Gasteiger partial charge < -0.3 is 14.6 Å². The fraction of sp³-hybridized carbons (Fsp3) is 0.222. The number of benzene rings is 1. The van der Waals surface area contributed by atoms with Gasteiger partial charge in [-0.15, -0.1) is 0 Å². The van der Waals surface area contributed by atoms with E-state index in [9.17, 15) is 9.90 Å². The van der Waals surface area contributed by atoms with Gasteiger partial charge in [0.25, 0.3) is 0 Å². The van der Waals surface area contributed by atoms with E-state index in [0.29, 0.717) is 5.56 Å². The molecule has 0 N–H and O–H groups in total. The van der Waals surface area contributed by atoms with Crippen molar-refractivity contribution in [1.82, 2.24) is 0 Å². The minimum absolute atomic E-state index is 0. The Morgan fingerprint density at radius 2 is 1.93 bits per heavy atom. The van der Waals surface area contributed by atoms with Crippen molar-refractivity contribution < 1.29 is 44.2 Å². The number of epoxide rings is 1. The molecule has 0 aromatic heterocycles. The second-order valence-corrected chi connectivity index (χ2v) is 3.83. The van der Waals surface area contributed by atoms with Crippen molar-refractivity contribution in [2.75, 3.05) is 6.61 Å². The Morgan fingerprint density at radius 1 is 1.43 bits per heavy atom. The van der Waals surface area contributed by atoms with Crippen molar-refractivity contribution in [1.29, 1.82) is 0 Å². The summed E-state index contributed by atoms with van der Waals surface area (Å²) in [6.45, 7) is 0.205. The average molecular weight is 265 g/mol. The van der Waals surface area contributed by atoms with Crippen LogP contribution in [-0.4, -0.2) is 12.6 Å². The summed E-state index contributed by atoms with van der Waals surface area (Å²) in [5.41, 5.74) is -0.545. The first-order valence-electron chi connectivity index (χ1n) is 3.76. The number of rotatable bonds is 2. The van der Waals surface area contributed by atoms with Crippen LogP contribution in [0.3, 0.4) is 0 Å². The van der Waals surface area contributed by atoms with Crippen molar-refractivity contribution in [3.05, 3.63) is 34.3 Å². The van der Waals surface area contributed by atoms with E-state index in [1.54, 1.807) is 24.3 Å². The van der Waals surface area contributed by atoms with E-state index in [1.165, 1.54) is 0 Å². The second-order valence-electron chi connectivity index (χ2n) is 2.91. The normalized spacial score (nSPS) is 23.8. The van der Waals surface area contributed by atoms with Crippen LogP contribution in [0.15, 0.2) is 28.7 Å². The topological polar surface area (TPSA) is 52.7 Å². The maximum absolute atomic E-state index is 10.7. The maximum Gasteiger partial charge on any atom is 1.00 e. The molecular weight excluding hydrogens is 259 g/mol. The molecule has 0 saturated carbocycles. The summed E-state index contributed by atoms with van der Waals surface area (Å²) < 4.78 is 5.81. The van der Waals surface area contributed by atoms with Crippen LogP contribution in [0.4, 0.5) is 0 Å². The molecule has 1 saturated heterocycles. The van der Waals surface area contributed by atoms with Gasteiger partial charge in [-0.05, 0) is 17.7 Å². The summed E-state index contributed by atoms with van der Waals surface area (Å²) in [6.07, 6.45) is 0. The minimum Gasteiger partial charge on any atom is -0.547 e. The van der Waals surface area contributed by atoms with Gasteiger partial charge >= 0.3 is 29.6 Å². The van der Waals surface area contributed by atoms with Gasteiger partial charge in [-0.1, -0.05) is 28.1 Å². The van der Waals surface area contributed by atoms with Crippen LogP contribution in [0.2, 0.25) is 0 Å². The first-order valence-corrected chi connectivity index (χ1v) is 4.56. The molecule has 1 aromatic rings. The molecule has 0 spiro atoms. The van der Waals surface area contributed by atoms with Gasteiger partial charge in [-0.3, -0.25) is 0 Å². The SMILES string of the molecule is O=C([O-])C1(c2ccc(Br)cc2)CO1.[Na+]. The third-order valence-electron chi connectivity index (χ3n) is 2.07. The Hall–Kier alpha value is 0.130. The number of carbonyl (C=O) groups excluding carboxylic acids is 1. The van der Waals surface area contributed by atoms with Crippen LogP contribution >= 0.6 is 15.9 Å². The Bertz CT molecular complexity index is 346. The second kappa shape index (κ2) is 4.33. The standard InChI is InChI=1S/C9H7BrO3.Na/c10-7-3-1-6(2-4-7)9(5-13-9)8(11)12;/h1-4H,5H2,(H,11,12);/q;+1/p-1. The molecule has 0 aliphatic carbocycles. The molecule has 2 rings (SSSR count). The van der Waals surface area contributed by atoms with Gasteiger partial charge in [0.2, 0.25) is 0 Å². The number of aliphatic carboxylic acids is 1. The van der Waals surface area contributed by atoms with E-state index in [4.69, 9.17) is 4.74 Å². The van der Waals surface area contributed by atoms with Crippen molar-refractivity contribution in [3.63, 3.8) is 0 Å². The Balaban J connectivity index is 0.000000980. The zero-order valence-electron chi connectivity index (χ0n) is 7.62. The Kier molecular flexibility index (Phi) is 3.77. The van der Waals surface area contributed by atoms with E-state index in [-0.39, 0.29) is 36.2 Å². The number of hydrogen-bond donors (Lipinski definition) is 0. The molecular formula is C9H6BrNaO3. The van der Waals surface area contributed by atoms with Crippen LogP contribution in [0, 0.1) is 0 Å². The molecule has 1 fully saturated rings. The van der Waals surface area contributed by atoms with Gasteiger partial charge in [-0.25, -0.2) is 0 Å². The third-order valence-corrected chi connectivity index (χ3v) is 2.60. The fourth-order valence-electron chi connectivity index (χ4n) is 1.19. The first kappa shape index (κ1) is 12.2. The summed E-state index contributed by atoms with van der Waals surface area (Å²) in [6, 6.07) is 6.99. The first-order chi connectivity index (χ1) is 6.15. The van der Waals surface area contributed by atoms with Crippen LogP contribution in [0.5, 0.6) is 0 Å². The molecule has 1 aliphatic rings. The molecule has 1 heterocycles. The van der Waals surface area contributed by atoms with Gasteiger partial charge in [0.05, 0.1) is 12.6 Å². The van der Waals surface area contributed by atoms with Crippen molar-refractivity contribution >= 4 is 21.9 Å². The van der Waals surface area contributed by atoms with E-state index in [1.807, 2.05) is 0 Å². The summed E-state index contributed by atoms with van der Waals surface area (Å²) in [5, 5.41) is 10.7. The summed E-state index contributed by atoms with van der Waals surface area (Å²) in [7, 11) is 0. The zero-order chi connectivity index (χ0) is 9.47. The van der Waals surface area contributed by atoms with Crippen molar-refractivity contribution in [3.8, 4) is 0 Å². The quantitative estimate of drug-likeness (QED) is 0.436. The van der Waals surface area contributed by atoms with E-state index in [0.717, 1.165) is 4.47 Å². The maximum atomic E-state index is 10.7. The molecule has 5 heteroatoms. The Labute approximate surface area is 112 Å². The van der Waals surface area contributed by atoms with E-state index >= 15 is 0 Å². The van der Waals surface area contributed by atoms with Gasteiger partial charge in [0, 0.05) is 4.47 Å². The Morgan fingerprint density at radius 3 is 2.29 bits per heavy atom. The molecule has 1 unspecified atom stereocenters. The van der Waals surface area contributed by atoms with E-state index < -0.39 is 11.6 Å². The largest absolute Gasteiger partial charge is 1.00 e. The van der Waals surface area contributed by atoms with Gasteiger partial charge in [0.15, 0.2) is 5.60 Å². The van der Waals surface area contributed by atoms with Gasteiger partial charge in [-0.2, -0.15) is 0 Å². The molecule has 14 heavy (non-hydrogen) atoms. The molecule has 1 atom stereocenters. The summed E-state index contributed by atoms with van der Waals surface area (Å²) >= 11 is 3.27. The number of carboxylic acid groups (broad SMARTS) is 1. The van der Waals surface area contributed by atoms with Crippen molar-refractivity contribution in [2.24, 2.45) is 0 Å². The van der Waals surface area contributed by atoms with E-state index in [2.05, 4.69) is 15.9 Å². The third kappa shape index (κ3) is 2.04. The van der Waals surface area contributed by atoms with Crippen LogP contribution < -0.4 is 34.7 Å².